The molecule has 3 nitrogen and oxygen atoms in total. The highest BCUT2D eigenvalue weighted by Gasteiger charge is 2.38. The lowest BCUT2D eigenvalue weighted by atomic mass is 9.93. The van der Waals surface area contributed by atoms with Gasteiger partial charge in [-0.3, -0.25) is 4.99 Å². The van der Waals surface area contributed by atoms with Crippen LogP contribution in [-0.4, -0.2) is 47.2 Å². The summed E-state index contributed by atoms with van der Waals surface area (Å²) in [6.45, 7) is 7.26. The van der Waals surface area contributed by atoms with Gasteiger partial charge in [-0.25, -0.2) is 0 Å². The Balaban J connectivity index is 1.94. The van der Waals surface area contributed by atoms with E-state index in [9.17, 15) is 0 Å². The first-order valence-corrected chi connectivity index (χ1v) is 9.47. The normalized spacial score (nSPS) is 24.9. The molecule has 0 aromatic heterocycles. The molecule has 19 heavy (non-hydrogen) atoms. The first-order valence-electron chi connectivity index (χ1n) is 7.26. The number of hydrogen-bond acceptors (Lipinski definition) is 4. The summed E-state index contributed by atoms with van der Waals surface area (Å²) in [4.78, 5) is 4.86. The molecule has 5 heteroatoms. The van der Waals surface area contributed by atoms with E-state index < -0.39 is 0 Å². The number of nitrogens with one attached hydrogen (secondary N) is 1. The molecule has 2 saturated heterocycles. The minimum atomic E-state index is 0.266. The van der Waals surface area contributed by atoms with Crippen LogP contribution >= 0.6 is 23.5 Å². The summed E-state index contributed by atoms with van der Waals surface area (Å²) in [5.41, 5.74) is 0.266. The standard InChI is InChI=1S/C14H26N2OS2/c1-4-14(5-2,18-3)10-15-12-16-13(11-19-12)6-8-17-9-7-13/h4-11H2,1-3H3,(H,15,16). The molecule has 0 aromatic rings. The van der Waals surface area contributed by atoms with Gasteiger partial charge in [-0.2, -0.15) is 11.8 Å². The van der Waals surface area contributed by atoms with Crippen molar-refractivity contribution in [2.75, 3.05) is 31.8 Å². The SMILES string of the molecule is CCC(CC)(CN=C1NC2(CCOCC2)CS1)SC. The lowest BCUT2D eigenvalue weighted by molar-refractivity contribution is 0.0555. The Hall–Kier alpha value is 0.130. The molecule has 0 aromatic carbocycles. The van der Waals surface area contributed by atoms with Crippen LogP contribution in [0.5, 0.6) is 0 Å². The molecule has 2 aliphatic heterocycles. The van der Waals surface area contributed by atoms with Crippen LogP contribution in [0.25, 0.3) is 0 Å². The predicted octanol–water partition coefficient (Wildman–Crippen LogP) is 3.15. The summed E-state index contributed by atoms with van der Waals surface area (Å²) >= 11 is 3.86. The molecule has 2 heterocycles. The fraction of sp³-hybridized carbons (Fsp3) is 0.929. The number of ether oxygens (including phenoxy) is 1. The van der Waals surface area contributed by atoms with E-state index in [2.05, 4.69) is 25.4 Å². The van der Waals surface area contributed by atoms with Crippen molar-refractivity contribution in [2.24, 2.45) is 4.99 Å². The second-order valence-corrected chi connectivity index (χ2v) is 7.76. The molecular formula is C14H26N2OS2. The molecule has 0 bridgehead atoms. The lowest BCUT2D eigenvalue weighted by Gasteiger charge is -2.33. The van der Waals surface area contributed by atoms with E-state index >= 15 is 0 Å². The second-order valence-electron chi connectivity index (χ2n) is 5.52. The van der Waals surface area contributed by atoms with Crippen LogP contribution in [0.4, 0.5) is 0 Å². The minimum Gasteiger partial charge on any atom is -0.381 e. The Labute approximate surface area is 125 Å². The van der Waals surface area contributed by atoms with Gasteiger partial charge in [-0.15, -0.1) is 0 Å². The summed E-state index contributed by atoms with van der Waals surface area (Å²) in [6.07, 6.45) is 6.82. The van der Waals surface area contributed by atoms with Crippen LogP contribution < -0.4 is 5.32 Å². The third-order valence-corrected chi connectivity index (χ3v) is 7.31. The minimum absolute atomic E-state index is 0.266. The van der Waals surface area contributed by atoms with E-state index in [4.69, 9.17) is 9.73 Å². The molecule has 0 radical (unpaired) electrons. The summed E-state index contributed by atoms with van der Waals surface area (Å²) in [5, 5.41) is 4.83. The van der Waals surface area contributed by atoms with Crippen LogP contribution in [0.15, 0.2) is 4.99 Å². The number of thioether (sulfide) groups is 2. The lowest BCUT2D eigenvalue weighted by Crippen LogP contribution is -2.48. The van der Waals surface area contributed by atoms with Crippen molar-refractivity contribution in [1.29, 1.82) is 0 Å². The van der Waals surface area contributed by atoms with E-state index in [-0.39, 0.29) is 5.54 Å². The Bertz CT molecular complexity index is 315. The largest absolute Gasteiger partial charge is 0.381 e. The fourth-order valence-corrected chi connectivity index (χ4v) is 4.65. The van der Waals surface area contributed by atoms with Gasteiger partial charge < -0.3 is 10.1 Å². The molecule has 0 saturated carbocycles. The molecule has 2 rings (SSSR count). The Morgan fingerprint density at radius 1 is 1.37 bits per heavy atom. The summed E-state index contributed by atoms with van der Waals surface area (Å²) < 4.78 is 5.79. The molecule has 0 aliphatic carbocycles. The summed E-state index contributed by atoms with van der Waals surface area (Å²) in [6, 6.07) is 0. The van der Waals surface area contributed by atoms with Gasteiger partial charge in [0, 0.05) is 23.7 Å². The first kappa shape index (κ1) is 15.5. The maximum absolute atomic E-state index is 5.47. The number of hydrogen-bond donors (Lipinski definition) is 1. The number of amidine groups is 1. The van der Waals surface area contributed by atoms with Crippen molar-refractivity contribution in [3.63, 3.8) is 0 Å². The van der Waals surface area contributed by atoms with E-state index in [1.54, 1.807) is 0 Å². The molecule has 1 spiro atoms. The molecule has 0 amide bonds. The zero-order valence-electron chi connectivity index (χ0n) is 12.3. The van der Waals surface area contributed by atoms with Gasteiger partial charge in [-0.05, 0) is 31.9 Å². The van der Waals surface area contributed by atoms with Gasteiger partial charge in [0.15, 0.2) is 5.17 Å². The first-order chi connectivity index (χ1) is 9.17. The van der Waals surface area contributed by atoms with Crippen molar-refractivity contribution in [3.05, 3.63) is 0 Å². The van der Waals surface area contributed by atoms with E-state index in [0.29, 0.717) is 4.75 Å². The van der Waals surface area contributed by atoms with Crippen LogP contribution in [-0.2, 0) is 4.74 Å². The van der Waals surface area contributed by atoms with E-state index in [1.807, 2.05) is 23.5 Å². The molecule has 110 valence electrons. The highest BCUT2D eigenvalue weighted by molar-refractivity contribution is 8.14. The number of aliphatic imine (C=N–C) groups is 1. The van der Waals surface area contributed by atoms with Crippen molar-refractivity contribution in [2.45, 2.75) is 49.8 Å². The zero-order chi connectivity index (χ0) is 13.8. The van der Waals surface area contributed by atoms with Crippen LogP contribution in [0, 0.1) is 0 Å². The average molecular weight is 303 g/mol. The van der Waals surface area contributed by atoms with E-state index in [0.717, 1.165) is 43.5 Å². The monoisotopic (exact) mass is 302 g/mol. The summed E-state index contributed by atoms with van der Waals surface area (Å²) in [5.74, 6) is 1.15. The van der Waals surface area contributed by atoms with Crippen LogP contribution in [0.2, 0.25) is 0 Å². The molecule has 2 fully saturated rings. The maximum atomic E-state index is 5.47. The van der Waals surface area contributed by atoms with Gasteiger partial charge in [0.25, 0.3) is 0 Å². The average Bonchev–Trinajstić information content (AvgIpc) is 2.85. The Kier molecular flexibility index (Phi) is 5.49. The van der Waals surface area contributed by atoms with Gasteiger partial charge in [0.05, 0.1) is 12.1 Å². The van der Waals surface area contributed by atoms with Crippen molar-refractivity contribution >= 4 is 28.7 Å². The van der Waals surface area contributed by atoms with Gasteiger partial charge in [0.2, 0.25) is 0 Å². The summed E-state index contributed by atoms with van der Waals surface area (Å²) in [7, 11) is 0. The van der Waals surface area contributed by atoms with Gasteiger partial charge in [0.1, 0.15) is 0 Å². The number of nitrogens with zero attached hydrogens (tertiary/aromatic N) is 1. The van der Waals surface area contributed by atoms with E-state index in [1.165, 1.54) is 12.8 Å². The van der Waals surface area contributed by atoms with Crippen molar-refractivity contribution < 1.29 is 4.74 Å². The van der Waals surface area contributed by atoms with Gasteiger partial charge >= 0.3 is 0 Å². The quantitative estimate of drug-likeness (QED) is 0.846. The van der Waals surface area contributed by atoms with Crippen LogP contribution in [0.3, 0.4) is 0 Å². The number of rotatable bonds is 5. The third-order valence-electron chi connectivity index (χ3n) is 4.54. The van der Waals surface area contributed by atoms with Crippen molar-refractivity contribution in [3.8, 4) is 0 Å². The molecule has 0 unspecified atom stereocenters. The Morgan fingerprint density at radius 3 is 2.63 bits per heavy atom. The third kappa shape index (κ3) is 3.61. The van der Waals surface area contributed by atoms with Gasteiger partial charge in [-0.1, -0.05) is 25.6 Å². The molecule has 0 atom stereocenters. The second kappa shape index (κ2) is 6.72. The molecule has 1 N–H and O–H groups in total. The van der Waals surface area contributed by atoms with Crippen LogP contribution in [0.1, 0.15) is 39.5 Å². The maximum Gasteiger partial charge on any atom is 0.157 e. The fourth-order valence-electron chi connectivity index (χ4n) is 2.66. The molecule has 2 aliphatic rings. The molecular weight excluding hydrogens is 276 g/mol. The highest BCUT2D eigenvalue weighted by atomic mass is 32.2. The zero-order valence-corrected chi connectivity index (χ0v) is 14.0. The topological polar surface area (TPSA) is 33.6 Å². The Morgan fingerprint density at radius 2 is 2.05 bits per heavy atom. The smallest absolute Gasteiger partial charge is 0.157 e. The van der Waals surface area contributed by atoms with Crippen molar-refractivity contribution in [1.82, 2.24) is 5.32 Å². The predicted molar refractivity (Wildman–Crippen MR) is 87.5 cm³/mol. The highest BCUT2D eigenvalue weighted by Crippen LogP contribution is 2.34.